The van der Waals surface area contributed by atoms with Gasteiger partial charge in [-0.15, -0.1) is 0 Å². The molecule has 3 rings (SSSR count). The van der Waals surface area contributed by atoms with Crippen molar-refractivity contribution in [2.45, 2.75) is 13.0 Å². The molecule has 1 unspecified atom stereocenters. The fourth-order valence-corrected chi connectivity index (χ4v) is 2.73. The number of halogens is 1. The van der Waals surface area contributed by atoms with E-state index < -0.39 is 5.82 Å². The summed E-state index contributed by atoms with van der Waals surface area (Å²) in [6.45, 7) is 2.74. The molecule has 1 saturated heterocycles. The van der Waals surface area contributed by atoms with E-state index in [0.717, 1.165) is 11.8 Å². The maximum Gasteiger partial charge on any atom is 0.246 e. The molecule has 1 aromatic heterocycles. The molecule has 0 bridgehead atoms. The summed E-state index contributed by atoms with van der Waals surface area (Å²) in [4.78, 5) is 32.4. The summed E-state index contributed by atoms with van der Waals surface area (Å²) in [5.41, 5.74) is 0.922. The summed E-state index contributed by atoms with van der Waals surface area (Å²) < 4.78 is 24.6. The zero-order valence-corrected chi connectivity index (χ0v) is 14.9. The average molecular weight is 373 g/mol. The van der Waals surface area contributed by atoms with Gasteiger partial charge in [-0.2, -0.15) is 0 Å². The van der Waals surface area contributed by atoms with Gasteiger partial charge in [0.15, 0.2) is 5.78 Å². The van der Waals surface area contributed by atoms with Crippen LogP contribution in [0.3, 0.4) is 0 Å². The van der Waals surface area contributed by atoms with E-state index in [1.165, 1.54) is 31.5 Å². The van der Waals surface area contributed by atoms with Gasteiger partial charge in [0, 0.05) is 12.6 Å². The van der Waals surface area contributed by atoms with Gasteiger partial charge in [0.05, 0.1) is 36.9 Å². The molecule has 1 atom stereocenters. The number of ether oxygens (including phenoxy) is 2. The van der Waals surface area contributed by atoms with E-state index in [-0.39, 0.29) is 30.0 Å². The first-order valence-corrected chi connectivity index (χ1v) is 8.53. The summed E-state index contributed by atoms with van der Waals surface area (Å²) in [5, 5.41) is 0. The standard InChI is InChI=1S/C19H20FN3O4/c1-13(24)17-8-14(20)2-4-18(17)27-11-16-10-23(6-7-26-16)19(25)5-3-15-9-21-12-22-15/h2-5,8-9,12,16H,6-7,10-11H2,1H3,(H,21,22). The van der Waals surface area contributed by atoms with Crippen LogP contribution < -0.4 is 4.74 Å². The summed E-state index contributed by atoms with van der Waals surface area (Å²) >= 11 is 0. The number of nitrogens with zero attached hydrogens (tertiary/aromatic N) is 2. The van der Waals surface area contributed by atoms with E-state index in [9.17, 15) is 14.0 Å². The Labute approximate surface area is 155 Å². The number of morpholine rings is 1. The Morgan fingerprint density at radius 2 is 2.33 bits per heavy atom. The van der Waals surface area contributed by atoms with Crippen LogP contribution in [0, 0.1) is 5.82 Å². The number of hydrogen-bond donors (Lipinski definition) is 1. The number of benzene rings is 1. The van der Waals surface area contributed by atoms with Crippen LogP contribution in [0.4, 0.5) is 4.39 Å². The van der Waals surface area contributed by atoms with Crippen LogP contribution in [0.1, 0.15) is 23.0 Å². The van der Waals surface area contributed by atoms with E-state index in [4.69, 9.17) is 9.47 Å². The van der Waals surface area contributed by atoms with Crippen molar-refractivity contribution >= 4 is 17.8 Å². The number of nitrogens with one attached hydrogen (secondary N) is 1. The third-order valence-corrected chi connectivity index (χ3v) is 4.12. The monoisotopic (exact) mass is 373 g/mol. The van der Waals surface area contributed by atoms with Gasteiger partial charge in [-0.25, -0.2) is 9.37 Å². The third kappa shape index (κ3) is 5.01. The molecule has 0 aliphatic carbocycles. The molecule has 1 fully saturated rings. The van der Waals surface area contributed by atoms with Crippen LogP contribution in [0.5, 0.6) is 5.75 Å². The summed E-state index contributed by atoms with van der Waals surface area (Å²) in [7, 11) is 0. The van der Waals surface area contributed by atoms with E-state index in [0.29, 0.717) is 25.4 Å². The van der Waals surface area contributed by atoms with E-state index in [1.54, 1.807) is 17.2 Å². The Morgan fingerprint density at radius 1 is 1.48 bits per heavy atom. The Balaban J connectivity index is 1.57. The molecular formula is C19H20FN3O4. The molecule has 142 valence electrons. The van der Waals surface area contributed by atoms with Gasteiger partial charge >= 0.3 is 0 Å². The highest BCUT2D eigenvalue weighted by Gasteiger charge is 2.24. The van der Waals surface area contributed by atoms with Gasteiger partial charge in [-0.3, -0.25) is 9.59 Å². The lowest BCUT2D eigenvalue weighted by Gasteiger charge is -2.32. The second kappa shape index (κ2) is 8.59. The molecule has 1 aliphatic heterocycles. The van der Waals surface area contributed by atoms with Gasteiger partial charge in [0.25, 0.3) is 0 Å². The molecule has 0 radical (unpaired) electrons. The van der Waals surface area contributed by atoms with Crippen molar-refractivity contribution in [1.82, 2.24) is 14.9 Å². The van der Waals surface area contributed by atoms with Crippen LogP contribution >= 0.6 is 0 Å². The fraction of sp³-hybridized carbons (Fsp3) is 0.316. The van der Waals surface area contributed by atoms with Crippen molar-refractivity contribution in [2.24, 2.45) is 0 Å². The van der Waals surface area contributed by atoms with Gasteiger partial charge in [0.2, 0.25) is 5.91 Å². The minimum absolute atomic E-state index is 0.135. The fourth-order valence-electron chi connectivity index (χ4n) is 2.73. The quantitative estimate of drug-likeness (QED) is 0.619. The smallest absolute Gasteiger partial charge is 0.246 e. The Kier molecular flexibility index (Phi) is 5.97. The molecule has 1 N–H and O–H groups in total. The first-order valence-electron chi connectivity index (χ1n) is 8.53. The molecule has 1 aliphatic rings. The van der Waals surface area contributed by atoms with Crippen molar-refractivity contribution in [3.8, 4) is 5.75 Å². The minimum Gasteiger partial charge on any atom is -0.490 e. The SMILES string of the molecule is CC(=O)c1cc(F)ccc1OCC1CN(C(=O)C=Cc2cnc[nH]2)CCO1. The zero-order valence-electron chi connectivity index (χ0n) is 14.9. The number of carbonyl (C=O) groups is 2. The number of Topliss-reactive ketones (excluding diaryl/α,β-unsaturated/α-hetero) is 1. The number of amides is 1. The van der Waals surface area contributed by atoms with Crippen LogP contribution in [0.2, 0.25) is 0 Å². The number of carbonyl (C=O) groups excluding carboxylic acids is 2. The number of ketones is 1. The number of hydrogen-bond acceptors (Lipinski definition) is 5. The van der Waals surface area contributed by atoms with Gasteiger partial charge in [-0.05, 0) is 31.2 Å². The van der Waals surface area contributed by atoms with Crippen molar-refractivity contribution in [3.05, 3.63) is 53.9 Å². The third-order valence-electron chi connectivity index (χ3n) is 4.12. The second-order valence-electron chi connectivity index (χ2n) is 6.13. The lowest BCUT2D eigenvalue weighted by atomic mass is 10.1. The largest absolute Gasteiger partial charge is 0.490 e. The maximum atomic E-state index is 13.3. The molecule has 27 heavy (non-hydrogen) atoms. The summed E-state index contributed by atoms with van der Waals surface area (Å²) in [5.74, 6) is -0.615. The van der Waals surface area contributed by atoms with Gasteiger partial charge in [-0.1, -0.05) is 0 Å². The average Bonchev–Trinajstić information content (AvgIpc) is 3.19. The predicted molar refractivity (Wildman–Crippen MR) is 95.8 cm³/mol. The Bertz CT molecular complexity index is 835. The zero-order chi connectivity index (χ0) is 19.2. The van der Waals surface area contributed by atoms with E-state index in [1.807, 2.05) is 0 Å². The lowest BCUT2D eigenvalue weighted by Crippen LogP contribution is -2.47. The molecule has 7 nitrogen and oxygen atoms in total. The van der Waals surface area contributed by atoms with Crippen LogP contribution in [-0.4, -0.2) is 59.0 Å². The highest BCUT2D eigenvalue weighted by atomic mass is 19.1. The molecule has 2 heterocycles. The summed E-state index contributed by atoms with van der Waals surface area (Å²) in [6.07, 6.45) is 5.96. The number of H-pyrrole nitrogens is 1. The Morgan fingerprint density at radius 3 is 3.07 bits per heavy atom. The number of aromatic nitrogens is 2. The first-order chi connectivity index (χ1) is 13.0. The topological polar surface area (TPSA) is 84.5 Å². The van der Waals surface area contributed by atoms with Crippen LogP contribution in [0.25, 0.3) is 6.08 Å². The molecule has 2 aromatic rings. The molecule has 8 heteroatoms. The minimum atomic E-state index is -0.498. The van der Waals surface area contributed by atoms with Crippen LogP contribution in [0.15, 0.2) is 36.8 Å². The Hall–Kier alpha value is -3.00. The maximum absolute atomic E-state index is 13.3. The van der Waals surface area contributed by atoms with E-state index >= 15 is 0 Å². The number of rotatable bonds is 6. The normalized spacial score (nSPS) is 17.3. The van der Waals surface area contributed by atoms with Gasteiger partial charge in [0.1, 0.15) is 24.3 Å². The van der Waals surface area contributed by atoms with E-state index in [2.05, 4.69) is 9.97 Å². The molecule has 0 saturated carbocycles. The lowest BCUT2D eigenvalue weighted by molar-refractivity contribution is -0.134. The molecular weight excluding hydrogens is 353 g/mol. The predicted octanol–water partition coefficient (Wildman–Crippen LogP) is 2.07. The molecule has 1 aromatic carbocycles. The van der Waals surface area contributed by atoms with Crippen molar-refractivity contribution < 1.29 is 23.5 Å². The van der Waals surface area contributed by atoms with Crippen LogP contribution in [-0.2, 0) is 9.53 Å². The molecule has 0 spiro atoms. The highest BCUT2D eigenvalue weighted by molar-refractivity contribution is 5.96. The number of imidazole rings is 1. The van der Waals surface area contributed by atoms with Crippen molar-refractivity contribution in [2.75, 3.05) is 26.3 Å². The highest BCUT2D eigenvalue weighted by Crippen LogP contribution is 2.21. The van der Waals surface area contributed by atoms with Crippen molar-refractivity contribution in [3.63, 3.8) is 0 Å². The second-order valence-corrected chi connectivity index (χ2v) is 6.13. The van der Waals surface area contributed by atoms with Crippen molar-refractivity contribution in [1.29, 1.82) is 0 Å². The first kappa shape index (κ1) is 18.8. The van der Waals surface area contributed by atoms with Gasteiger partial charge < -0.3 is 19.4 Å². The summed E-state index contributed by atoms with van der Waals surface area (Å²) in [6, 6.07) is 3.81. The number of aromatic amines is 1. The molecule has 1 amide bonds.